The summed E-state index contributed by atoms with van der Waals surface area (Å²) in [6.07, 6.45) is 16.8. The second-order valence-corrected chi connectivity index (χ2v) is 37.8. The van der Waals surface area contributed by atoms with Gasteiger partial charge in [0, 0.05) is 0 Å². The Morgan fingerprint density at radius 2 is 0.431 bits per heavy atom. The molecule has 0 amide bonds. The SMILES string of the molecule is CC1C(B(Oc2pc(OB(C3CC4CC(C3C)C4(C)C)C3CC4CC(C3C)C4(C)C)pc(OB(C3CC4CC(C3C)C4(C)C)C3CC4CC(C3C)C4(C)C)p2)C2CC3CC(C2C)C3(C)C)CC2CC1C2(C)C. The van der Waals surface area contributed by atoms with Gasteiger partial charge in [0.25, 0.3) is 0 Å². The first-order chi connectivity index (χ1) is 33.6. The highest BCUT2D eigenvalue weighted by Gasteiger charge is 2.67. The molecule has 19 rings (SSSR count). The molecule has 0 N–H and O–H groups in total. The van der Waals surface area contributed by atoms with E-state index in [1.165, 1.54) is 117 Å². The van der Waals surface area contributed by atoms with Gasteiger partial charge in [0.15, 0.2) is 0 Å². The molecule has 0 radical (unpaired) electrons. The molecule has 0 spiro atoms. The zero-order valence-corrected chi connectivity index (χ0v) is 51.8. The molecule has 396 valence electrons. The summed E-state index contributed by atoms with van der Waals surface area (Å²) in [4.78, 5) is 0. The fourth-order valence-corrected chi connectivity index (χ4v) is 28.5. The molecule has 0 saturated heterocycles. The van der Waals surface area contributed by atoms with Crippen molar-refractivity contribution in [1.82, 2.24) is 0 Å². The van der Waals surface area contributed by atoms with E-state index in [1.807, 2.05) is 0 Å². The van der Waals surface area contributed by atoms with Crippen LogP contribution in [0, 0.1) is 139 Å². The lowest BCUT2D eigenvalue weighted by molar-refractivity contribution is -0.109. The maximum atomic E-state index is 8.17. The van der Waals surface area contributed by atoms with Gasteiger partial charge in [0.2, 0.25) is 0 Å². The molecule has 18 aliphatic rings. The van der Waals surface area contributed by atoms with Crippen molar-refractivity contribution < 1.29 is 14.0 Å². The largest absolute Gasteiger partial charge is 0.396 e. The fraction of sp³-hybridized carbons (Fsp3) is 0.952. The third-order valence-corrected chi connectivity index (χ3v) is 33.9. The minimum absolute atomic E-state index is 0.289. The van der Waals surface area contributed by atoms with E-state index >= 15 is 0 Å². The summed E-state index contributed by atoms with van der Waals surface area (Å²) in [5.41, 5.74) is 2.83. The van der Waals surface area contributed by atoms with E-state index in [2.05, 4.69) is 125 Å². The van der Waals surface area contributed by atoms with E-state index in [4.69, 9.17) is 14.0 Å². The highest BCUT2D eigenvalue weighted by atomic mass is 31.1. The molecular formula is C63H102B3O3P3. The zero-order chi connectivity index (χ0) is 51.0. The molecule has 1 aromatic rings. The molecule has 24 unspecified atom stereocenters. The van der Waals surface area contributed by atoms with Crippen molar-refractivity contribution in [2.75, 3.05) is 0 Å². The molecule has 18 saturated carbocycles. The molecule has 1 heterocycles. The van der Waals surface area contributed by atoms with Crippen LogP contribution in [-0.2, 0) is 0 Å². The van der Waals surface area contributed by atoms with Gasteiger partial charge < -0.3 is 14.0 Å². The number of hydrogen-bond acceptors (Lipinski definition) is 3. The standard InChI is InChI=1S/C63H102B3O3P3/c1-31-43-19-37(58(43,7)8)25-49(31)64(50-26-38-20-44(32(50)2)59(38,9)10)67-55-70-56(68-65(51-27-39-21-45(33(51)3)60(39,11)12)52-28-40-22-46(34(52)4)61(40,13)14)72-57(71-55)69-66(53-29-41-23-47(35(53)5)62(41,15)16)54-30-42-24-48(36(54)6)63(42,17)18/h31-54H,19-30H2,1-18H3. The summed E-state index contributed by atoms with van der Waals surface area (Å²) in [5.74, 6) is 18.0. The minimum Gasteiger partial charge on any atom is -0.396 e. The van der Waals surface area contributed by atoms with E-state index < -0.39 is 0 Å². The third-order valence-electron chi connectivity index (χ3n) is 30.3. The number of rotatable bonds is 12. The summed E-state index contributed by atoms with van der Waals surface area (Å²) >= 11 is 0. The average Bonchev–Trinajstić information content (AvgIpc) is 3.31. The van der Waals surface area contributed by atoms with Gasteiger partial charge in [-0.2, -0.15) is 0 Å². The molecule has 72 heavy (non-hydrogen) atoms. The summed E-state index contributed by atoms with van der Waals surface area (Å²) < 4.78 is 24.5. The molecule has 0 aliphatic heterocycles. The first-order valence-corrected chi connectivity index (χ1v) is 34.1. The number of fused-ring (bicyclic) bond motifs is 12. The van der Waals surface area contributed by atoms with Gasteiger partial charge in [-0.3, -0.25) is 0 Å². The maximum Gasteiger partial charge on any atom is 0.308 e. The second-order valence-electron chi connectivity index (χ2n) is 33.6. The Morgan fingerprint density at radius 1 is 0.278 bits per heavy atom. The van der Waals surface area contributed by atoms with Crippen LogP contribution >= 0.6 is 24.6 Å². The molecule has 9 heteroatoms. The van der Waals surface area contributed by atoms with Crippen LogP contribution in [0.15, 0.2) is 0 Å². The summed E-state index contributed by atoms with van der Waals surface area (Å²) in [6.45, 7) is 48.2. The van der Waals surface area contributed by atoms with Crippen molar-refractivity contribution >= 4 is 45.3 Å². The predicted octanol–water partition coefficient (Wildman–Crippen LogP) is 20.0. The van der Waals surface area contributed by atoms with E-state index in [0.717, 1.165) is 71.0 Å². The highest BCUT2D eigenvalue weighted by molar-refractivity contribution is 7.66. The Labute approximate surface area is 448 Å². The van der Waals surface area contributed by atoms with Crippen molar-refractivity contribution in [2.24, 2.45) is 139 Å². The Morgan fingerprint density at radius 3 is 0.556 bits per heavy atom. The van der Waals surface area contributed by atoms with Gasteiger partial charge in [-0.05, 0) is 237 Å². The van der Waals surface area contributed by atoms with Crippen LogP contribution in [0.1, 0.15) is 202 Å². The van der Waals surface area contributed by atoms with Crippen LogP contribution in [0.4, 0.5) is 0 Å². The summed E-state index contributed by atoms with van der Waals surface area (Å²) in [5, 5.41) is 3.83. The lowest BCUT2D eigenvalue weighted by atomic mass is 9.27. The third kappa shape index (κ3) is 7.29. The van der Waals surface area contributed by atoms with Gasteiger partial charge in [-0.15, -0.1) is 0 Å². The molecule has 12 bridgehead atoms. The Balaban J connectivity index is 0.902. The van der Waals surface area contributed by atoms with Crippen LogP contribution in [-0.4, -0.2) is 20.7 Å². The van der Waals surface area contributed by atoms with Crippen LogP contribution in [0.2, 0.25) is 34.9 Å². The quantitative estimate of drug-likeness (QED) is 0.195. The lowest BCUT2D eigenvalue weighted by Gasteiger charge is -2.66. The van der Waals surface area contributed by atoms with Gasteiger partial charge in [0.05, 0.1) is 0 Å². The maximum absolute atomic E-state index is 8.17. The normalized spacial score (nSPS) is 51.4. The first-order valence-electron chi connectivity index (χ1n) is 31.4. The van der Waals surface area contributed by atoms with Gasteiger partial charge in [0.1, 0.15) is 15.6 Å². The molecule has 0 aromatic carbocycles. The van der Waals surface area contributed by atoms with Crippen molar-refractivity contribution in [3.8, 4) is 15.6 Å². The number of hydrogen-bond donors (Lipinski definition) is 0. The monoisotopic (exact) mass is 1030 g/mol. The Kier molecular flexibility index (Phi) is 12.3. The van der Waals surface area contributed by atoms with Crippen LogP contribution in [0.25, 0.3) is 0 Å². The van der Waals surface area contributed by atoms with Crippen LogP contribution in [0.5, 0.6) is 15.6 Å². The second kappa shape index (κ2) is 17.1. The molecule has 18 aliphatic carbocycles. The highest BCUT2D eigenvalue weighted by Crippen LogP contribution is 2.74. The van der Waals surface area contributed by atoms with Crippen LogP contribution < -0.4 is 14.0 Å². The Bertz CT molecular complexity index is 1910. The van der Waals surface area contributed by atoms with Crippen molar-refractivity contribution in [3.05, 3.63) is 0 Å². The summed E-state index contributed by atoms with van der Waals surface area (Å²) in [7, 11) is 3.73. The van der Waals surface area contributed by atoms with E-state index in [1.54, 1.807) is 0 Å². The van der Waals surface area contributed by atoms with E-state index in [-0.39, 0.29) is 20.7 Å². The van der Waals surface area contributed by atoms with Gasteiger partial charge >= 0.3 is 20.7 Å². The molecular weight excluding hydrogens is 930 g/mol. The molecule has 24 atom stereocenters. The predicted molar refractivity (Wildman–Crippen MR) is 311 cm³/mol. The summed E-state index contributed by atoms with van der Waals surface area (Å²) in [6, 6.07) is 0. The van der Waals surface area contributed by atoms with Crippen molar-refractivity contribution in [1.29, 1.82) is 0 Å². The van der Waals surface area contributed by atoms with E-state index in [9.17, 15) is 0 Å². The van der Waals surface area contributed by atoms with Crippen molar-refractivity contribution in [2.45, 2.75) is 237 Å². The van der Waals surface area contributed by atoms with Crippen LogP contribution in [0.3, 0.4) is 0 Å². The molecule has 1 aromatic heterocycles. The zero-order valence-electron chi connectivity index (χ0n) is 49.1. The topological polar surface area (TPSA) is 27.7 Å². The van der Waals surface area contributed by atoms with Gasteiger partial charge in [-0.1, -0.05) is 163 Å². The Hall–Kier alpha value is 0.585. The van der Waals surface area contributed by atoms with Crippen molar-refractivity contribution in [3.63, 3.8) is 0 Å². The molecule has 3 nitrogen and oxygen atoms in total. The van der Waals surface area contributed by atoms with Gasteiger partial charge in [-0.25, -0.2) is 0 Å². The lowest BCUT2D eigenvalue weighted by Crippen LogP contribution is -2.60. The van der Waals surface area contributed by atoms with E-state index in [0.29, 0.717) is 103 Å². The first kappa shape index (κ1) is 52.0. The fourth-order valence-electron chi connectivity index (χ4n) is 24.1. The minimum atomic E-state index is 0.289. The average molecular weight is 1030 g/mol. The molecule has 18 fully saturated rings. The smallest absolute Gasteiger partial charge is 0.308 e.